The Labute approximate surface area is 144 Å². The second kappa shape index (κ2) is 6.80. The number of piperidine rings is 1. The molecule has 8 heteroatoms. The average Bonchev–Trinajstić information content (AvgIpc) is 2.52. The fourth-order valence-corrected chi connectivity index (χ4v) is 2.56. The molecule has 0 atom stereocenters. The molecule has 1 aromatic rings. The lowest BCUT2D eigenvalue weighted by Gasteiger charge is -2.37. The minimum absolute atomic E-state index is 0.0582. The summed E-state index contributed by atoms with van der Waals surface area (Å²) in [4.78, 5) is 17.4. The normalized spacial score (nSPS) is 18.1. The standard InChI is InChI=1S/C17H23F4N3O/c1-15(2,3)14(25)23-11-16(18)6-8-24(9-7-16)13-5-4-12(10-22-13)17(19,20)21/h4-5,10H,6-9,11H2,1-3H3,(H,23,25). The molecule has 1 fully saturated rings. The lowest BCUT2D eigenvalue weighted by atomic mass is 9.91. The third kappa shape index (κ3) is 5.06. The van der Waals surface area contributed by atoms with Crippen LogP contribution in [0.5, 0.6) is 0 Å². The molecule has 0 radical (unpaired) electrons. The number of rotatable bonds is 3. The second-order valence-corrected chi connectivity index (χ2v) is 7.47. The first-order valence-electron chi connectivity index (χ1n) is 8.16. The predicted molar refractivity (Wildman–Crippen MR) is 87.0 cm³/mol. The summed E-state index contributed by atoms with van der Waals surface area (Å²) in [6.07, 6.45) is -3.27. The van der Waals surface area contributed by atoms with E-state index < -0.39 is 22.8 Å². The van der Waals surface area contributed by atoms with Crippen molar-refractivity contribution >= 4 is 11.7 Å². The highest BCUT2D eigenvalue weighted by atomic mass is 19.4. The molecular weight excluding hydrogens is 338 g/mol. The van der Waals surface area contributed by atoms with E-state index in [0.29, 0.717) is 18.9 Å². The number of alkyl halides is 4. The zero-order valence-corrected chi connectivity index (χ0v) is 14.6. The minimum Gasteiger partial charge on any atom is -0.356 e. The maximum absolute atomic E-state index is 14.8. The van der Waals surface area contributed by atoms with E-state index in [9.17, 15) is 22.4 Å². The Morgan fingerprint density at radius 3 is 2.28 bits per heavy atom. The van der Waals surface area contributed by atoms with Crippen LogP contribution in [-0.4, -0.2) is 36.2 Å². The third-order valence-electron chi connectivity index (χ3n) is 4.31. The highest BCUT2D eigenvalue weighted by Gasteiger charge is 2.36. The van der Waals surface area contributed by atoms with Crippen LogP contribution in [0.3, 0.4) is 0 Å². The Bertz CT molecular complexity index is 600. The summed E-state index contributed by atoms with van der Waals surface area (Å²) >= 11 is 0. The van der Waals surface area contributed by atoms with Gasteiger partial charge in [-0.2, -0.15) is 13.2 Å². The van der Waals surface area contributed by atoms with Crippen molar-refractivity contribution in [3.63, 3.8) is 0 Å². The summed E-state index contributed by atoms with van der Waals surface area (Å²) in [5, 5.41) is 2.64. The van der Waals surface area contributed by atoms with Gasteiger partial charge in [0.1, 0.15) is 11.5 Å². The molecule has 1 saturated heterocycles. The highest BCUT2D eigenvalue weighted by molar-refractivity contribution is 5.81. The molecule has 25 heavy (non-hydrogen) atoms. The molecular formula is C17H23F4N3O. The lowest BCUT2D eigenvalue weighted by Crippen LogP contribution is -2.50. The number of carbonyl (C=O) groups is 1. The number of anilines is 1. The number of aromatic nitrogens is 1. The highest BCUT2D eigenvalue weighted by Crippen LogP contribution is 2.31. The van der Waals surface area contributed by atoms with Crippen LogP contribution in [0.2, 0.25) is 0 Å². The SMILES string of the molecule is CC(C)(C)C(=O)NCC1(F)CCN(c2ccc(C(F)(F)F)cn2)CC1. The Balaban J connectivity index is 1.91. The zero-order chi connectivity index (χ0) is 18.9. The van der Waals surface area contributed by atoms with Crippen molar-refractivity contribution in [3.8, 4) is 0 Å². The van der Waals surface area contributed by atoms with Gasteiger partial charge in [0.15, 0.2) is 0 Å². The molecule has 0 saturated carbocycles. The van der Waals surface area contributed by atoms with E-state index in [-0.39, 0.29) is 25.3 Å². The van der Waals surface area contributed by atoms with Crippen LogP contribution in [-0.2, 0) is 11.0 Å². The van der Waals surface area contributed by atoms with Gasteiger partial charge in [0, 0.05) is 37.5 Å². The minimum atomic E-state index is -4.42. The van der Waals surface area contributed by atoms with Crippen LogP contribution in [0.1, 0.15) is 39.2 Å². The fourth-order valence-electron chi connectivity index (χ4n) is 2.56. The molecule has 1 aromatic heterocycles. The van der Waals surface area contributed by atoms with E-state index in [1.807, 2.05) is 0 Å². The van der Waals surface area contributed by atoms with Crippen LogP contribution >= 0.6 is 0 Å². The van der Waals surface area contributed by atoms with Gasteiger partial charge in [-0.25, -0.2) is 9.37 Å². The second-order valence-electron chi connectivity index (χ2n) is 7.47. The van der Waals surface area contributed by atoms with Crippen molar-refractivity contribution in [2.24, 2.45) is 5.41 Å². The Hall–Kier alpha value is -1.86. The number of nitrogens with one attached hydrogen (secondary N) is 1. The van der Waals surface area contributed by atoms with E-state index in [1.165, 1.54) is 6.07 Å². The molecule has 0 unspecified atom stereocenters. The van der Waals surface area contributed by atoms with Crippen LogP contribution in [0.25, 0.3) is 0 Å². The predicted octanol–water partition coefficient (Wildman–Crippen LogP) is 3.57. The maximum atomic E-state index is 14.8. The first-order chi connectivity index (χ1) is 11.4. The van der Waals surface area contributed by atoms with Gasteiger partial charge in [-0.3, -0.25) is 4.79 Å². The van der Waals surface area contributed by atoms with Gasteiger partial charge in [0.05, 0.1) is 12.1 Å². The Morgan fingerprint density at radius 2 is 1.84 bits per heavy atom. The zero-order valence-electron chi connectivity index (χ0n) is 14.6. The first kappa shape index (κ1) is 19.5. The van der Waals surface area contributed by atoms with Gasteiger partial charge in [-0.05, 0) is 12.1 Å². The van der Waals surface area contributed by atoms with E-state index in [2.05, 4.69) is 10.3 Å². The molecule has 0 aliphatic carbocycles. The van der Waals surface area contributed by atoms with Crippen LogP contribution < -0.4 is 10.2 Å². The molecule has 4 nitrogen and oxygen atoms in total. The fraction of sp³-hybridized carbons (Fsp3) is 0.647. The van der Waals surface area contributed by atoms with Crippen molar-refractivity contribution in [2.75, 3.05) is 24.5 Å². The molecule has 2 heterocycles. The molecule has 1 N–H and O–H groups in total. The topological polar surface area (TPSA) is 45.2 Å². The first-order valence-corrected chi connectivity index (χ1v) is 8.16. The van der Waals surface area contributed by atoms with Crippen molar-refractivity contribution < 1.29 is 22.4 Å². The quantitative estimate of drug-likeness (QED) is 0.837. The molecule has 2 rings (SSSR count). The van der Waals surface area contributed by atoms with Crippen LogP contribution in [0, 0.1) is 5.41 Å². The summed E-state index contributed by atoms with van der Waals surface area (Å²) in [5.41, 5.74) is -2.90. The Morgan fingerprint density at radius 1 is 1.24 bits per heavy atom. The van der Waals surface area contributed by atoms with Crippen LogP contribution in [0.15, 0.2) is 18.3 Å². The summed E-state index contributed by atoms with van der Waals surface area (Å²) in [5.74, 6) is 0.185. The van der Waals surface area contributed by atoms with E-state index >= 15 is 0 Å². The number of pyridine rings is 1. The van der Waals surface area contributed by atoms with E-state index in [1.54, 1.807) is 25.7 Å². The van der Waals surface area contributed by atoms with Gasteiger partial charge in [0.25, 0.3) is 0 Å². The van der Waals surface area contributed by atoms with Gasteiger partial charge < -0.3 is 10.2 Å². The molecule has 1 aliphatic heterocycles. The van der Waals surface area contributed by atoms with Crippen molar-refractivity contribution in [1.29, 1.82) is 0 Å². The maximum Gasteiger partial charge on any atom is 0.417 e. The summed E-state index contributed by atoms with van der Waals surface area (Å²) in [7, 11) is 0. The van der Waals surface area contributed by atoms with E-state index in [4.69, 9.17) is 0 Å². The average molecular weight is 361 g/mol. The number of carbonyl (C=O) groups excluding carboxylic acids is 1. The summed E-state index contributed by atoms with van der Waals surface area (Å²) < 4.78 is 52.5. The van der Waals surface area contributed by atoms with Crippen molar-refractivity contribution in [1.82, 2.24) is 10.3 Å². The Kier molecular flexibility index (Phi) is 5.30. The molecule has 0 aromatic carbocycles. The van der Waals surface area contributed by atoms with Crippen molar-refractivity contribution in [2.45, 2.75) is 45.5 Å². The molecule has 1 amide bonds. The molecule has 1 aliphatic rings. The van der Waals surface area contributed by atoms with Crippen LogP contribution in [0.4, 0.5) is 23.4 Å². The smallest absolute Gasteiger partial charge is 0.356 e. The number of hydrogen-bond acceptors (Lipinski definition) is 3. The number of nitrogens with zero attached hydrogens (tertiary/aromatic N) is 2. The van der Waals surface area contributed by atoms with E-state index in [0.717, 1.165) is 12.3 Å². The lowest BCUT2D eigenvalue weighted by molar-refractivity contribution is -0.137. The molecule has 140 valence electrons. The van der Waals surface area contributed by atoms with Gasteiger partial charge in [-0.15, -0.1) is 0 Å². The molecule has 0 bridgehead atoms. The van der Waals surface area contributed by atoms with Gasteiger partial charge >= 0.3 is 6.18 Å². The number of amides is 1. The summed E-state index contributed by atoms with van der Waals surface area (Å²) in [6, 6.07) is 2.28. The number of hydrogen-bond donors (Lipinski definition) is 1. The van der Waals surface area contributed by atoms with Gasteiger partial charge in [0.2, 0.25) is 5.91 Å². The monoisotopic (exact) mass is 361 g/mol. The third-order valence-corrected chi connectivity index (χ3v) is 4.31. The van der Waals surface area contributed by atoms with Crippen molar-refractivity contribution in [3.05, 3.63) is 23.9 Å². The number of halogens is 4. The van der Waals surface area contributed by atoms with Gasteiger partial charge in [-0.1, -0.05) is 20.8 Å². The largest absolute Gasteiger partial charge is 0.417 e. The molecule has 0 spiro atoms. The summed E-state index contributed by atoms with van der Waals surface area (Å²) in [6.45, 7) is 5.88.